The van der Waals surface area contributed by atoms with E-state index in [1.807, 2.05) is 18.2 Å². The first-order chi connectivity index (χ1) is 8.20. The second-order valence-electron chi connectivity index (χ2n) is 4.20. The molecule has 0 amide bonds. The van der Waals surface area contributed by atoms with Gasteiger partial charge in [0.05, 0.1) is 23.8 Å². The minimum Gasteiger partial charge on any atom is -0.481 e. The van der Waals surface area contributed by atoms with E-state index in [-0.39, 0.29) is 6.04 Å². The second-order valence-corrected chi connectivity index (χ2v) is 4.67. The van der Waals surface area contributed by atoms with Crippen LogP contribution < -0.4 is 10.5 Å². The lowest BCUT2D eigenvalue weighted by Gasteiger charge is -2.22. The predicted molar refractivity (Wildman–Crippen MR) is 71.0 cm³/mol. The Balaban J connectivity index is 2.06. The summed E-state index contributed by atoms with van der Waals surface area (Å²) in [6.07, 6.45) is 2.20. The van der Waals surface area contributed by atoms with Crippen molar-refractivity contribution < 1.29 is 4.74 Å². The summed E-state index contributed by atoms with van der Waals surface area (Å²) >= 11 is 5.09. The minimum atomic E-state index is 0.220. The van der Waals surface area contributed by atoms with Gasteiger partial charge in [-0.1, -0.05) is 18.3 Å². The zero-order chi connectivity index (χ0) is 12.3. The van der Waals surface area contributed by atoms with Crippen molar-refractivity contribution in [1.82, 2.24) is 9.88 Å². The van der Waals surface area contributed by atoms with E-state index < -0.39 is 0 Å². The summed E-state index contributed by atoms with van der Waals surface area (Å²) in [5.74, 6) is 0.647. The lowest BCUT2D eigenvalue weighted by atomic mass is 10.2. The highest BCUT2D eigenvalue weighted by Crippen LogP contribution is 2.20. The topological polar surface area (TPSA) is 51.4 Å². The molecule has 2 N–H and O–H groups in total. The standard InChI is InChI=1S/C12H17N3OS/c1-16-11-6-2-4-9(14-11)8-15-7-3-5-10(15)12(13)17/h2,4,6,10H,3,5,7-8H2,1H3,(H2,13,17). The van der Waals surface area contributed by atoms with Crippen LogP contribution in [-0.2, 0) is 6.54 Å². The van der Waals surface area contributed by atoms with E-state index >= 15 is 0 Å². The van der Waals surface area contributed by atoms with Crippen molar-refractivity contribution in [3.05, 3.63) is 23.9 Å². The maximum atomic E-state index is 5.74. The molecule has 92 valence electrons. The number of ether oxygens (including phenoxy) is 1. The van der Waals surface area contributed by atoms with Crippen molar-refractivity contribution in [3.63, 3.8) is 0 Å². The third kappa shape index (κ3) is 2.92. The molecule has 1 saturated heterocycles. The van der Waals surface area contributed by atoms with Gasteiger partial charge in [0.15, 0.2) is 0 Å². The van der Waals surface area contributed by atoms with Crippen LogP contribution in [0.4, 0.5) is 0 Å². The Morgan fingerprint density at radius 1 is 1.65 bits per heavy atom. The summed E-state index contributed by atoms with van der Waals surface area (Å²) < 4.78 is 5.11. The number of nitrogens with two attached hydrogens (primary N) is 1. The highest BCUT2D eigenvalue weighted by atomic mass is 32.1. The molecule has 1 aromatic rings. The SMILES string of the molecule is COc1cccc(CN2CCCC2C(N)=S)n1. The van der Waals surface area contributed by atoms with Gasteiger partial charge in [-0.3, -0.25) is 4.90 Å². The number of rotatable bonds is 4. The molecule has 1 aliphatic rings. The summed E-state index contributed by atoms with van der Waals surface area (Å²) in [4.78, 5) is 7.27. The van der Waals surface area contributed by atoms with Crippen LogP contribution in [0.3, 0.4) is 0 Å². The van der Waals surface area contributed by atoms with Gasteiger partial charge >= 0.3 is 0 Å². The van der Waals surface area contributed by atoms with E-state index in [4.69, 9.17) is 22.7 Å². The van der Waals surface area contributed by atoms with Crippen LogP contribution in [0, 0.1) is 0 Å². The fraction of sp³-hybridized carbons (Fsp3) is 0.500. The fourth-order valence-corrected chi connectivity index (χ4v) is 2.47. The summed E-state index contributed by atoms with van der Waals surface area (Å²) in [5.41, 5.74) is 6.74. The smallest absolute Gasteiger partial charge is 0.213 e. The number of nitrogens with zero attached hydrogens (tertiary/aromatic N) is 2. The Bertz CT molecular complexity index is 410. The Kier molecular flexibility index (Phi) is 3.91. The van der Waals surface area contributed by atoms with Crippen LogP contribution in [0.1, 0.15) is 18.5 Å². The zero-order valence-electron chi connectivity index (χ0n) is 9.93. The maximum absolute atomic E-state index is 5.74. The molecule has 1 fully saturated rings. The normalized spacial score (nSPS) is 20.4. The number of methoxy groups -OCH3 is 1. The summed E-state index contributed by atoms with van der Waals surface area (Å²) in [6.45, 7) is 1.81. The molecule has 4 nitrogen and oxygen atoms in total. The molecule has 0 aromatic carbocycles. The van der Waals surface area contributed by atoms with Crippen molar-refractivity contribution in [3.8, 4) is 5.88 Å². The van der Waals surface area contributed by atoms with E-state index in [1.165, 1.54) is 0 Å². The second kappa shape index (κ2) is 5.42. The van der Waals surface area contributed by atoms with E-state index in [0.717, 1.165) is 31.6 Å². The van der Waals surface area contributed by atoms with Crippen LogP contribution in [0.15, 0.2) is 18.2 Å². The molecular formula is C12H17N3OS. The van der Waals surface area contributed by atoms with Gasteiger partial charge in [-0.15, -0.1) is 0 Å². The molecule has 1 atom stereocenters. The van der Waals surface area contributed by atoms with E-state index in [9.17, 15) is 0 Å². The van der Waals surface area contributed by atoms with Crippen LogP contribution >= 0.6 is 12.2 Å². The molecule has 0 aliphatic carbocycles. The Morgan fingerprint density at radius 2 is 2.47 bits per heavy atom. The predicted octanol–water partition coefficient (Wildman–Crippen LogP) is 1.34. The molecule has 0 saturated carbocycles. The molecule has 5 heteroatoms. The van der Waals surface area contributed by atoms with Crippen LogP contribution in [0.2, 0.25) is 0 Å². The average molecular weight is 251 g/mol. The summed E-state index contributed by atoms with van der Waals surface area (Å²) in [6, 6.07) is 6.02. The average Bonchev–Trinajstić information content (AvgIpc) is 2.77. The van der Waals surface area contributed by atoms with Gasteiger partial charge < -0.3 is 10.5 Å². The van der Waals surface area contributed by atoms with E-state index in [0.29, 0.717) is 10.9 Å². The van der Waals surface area contributed by atoms with Gasteiger partial charge in [-0.2, -0.15) is 0 Å². The number of pyridine rings is 1. The number of likely N-dealkylation sites (tertiary alicyclic amines) is 1. The molecular weight excluding hydrogens is 234 g/mol. The first-order valence-electron chi connectivity index (χ1n) is 5.74. The number of hydrogen-bond acceptors (Lipinski definition) is 4. The molecule has 2 heterocycles. The first kappa shape index (κ1) is 12.3. The molecule has 1 aliphatic heterocycles. The van der Waals surface area contributed by atoms with Crippen molar-refractivity contribution in [2.75, 3.05) is 13.7 Å². The van der Waals surface area contributed by atoms with Crippen LogP contribution in [0.25, 0.3) is 0 Å². The highest BCUT2D eigenvalue weighted by Gasteiger charge is 2.26. The fourth-order valence-electron chi connectivity index (χ4n) is 2.20. The van der Waals surface area contributed by atoms with Crippen molar-refractivity contribution in [2.24, 2.45) is 5.73 Å². The van der Waals surface area contributed by atoms with E-state index in [1.54, 1.807) is 7.11 Å². The zero-order valence-corrected chi connectivity index (χ0v) is 10.7. The molecule has 0 radical (unpaired) electrons. The monoisotopic (exact) mass is 251 g/mol. The molecule has 17 heavy (non-hydrogen) atoms. The lowest BCUT2D eigenvalue weighted by molar-refractivity contribution is 0.289. The first-order valence-corrected chi connectivity index (χ1v) is 6.15. The van der Waals surface area contributed by atoms with Gasteiger partial charge in [0.1, 0.15) is 0 Å². The van der Waals surface area contributed by atoms with Gasteiger partial charge in [-0.25, -0.2) is 4.98 Å². The minimum absolute atomic E-state index is 0.220. The number of aromatic nitrogens is 1. The van der Waals surface area contributed by atoms with Crippen LogP contribution in [0.5, 0.6) is 5.88 Å². The Hall–Kier alpha value is -1.20. The highest BCUT2D eigenvalue weighted by molar-refractivity contribution is 7.80. The quantitative estimate of drug-likeness (QED) is 0.818. The van der Waals surface area contributed by atoms with Crippen molar-refractivity contribution >= 4 is 17.2 Å². The van der Waals surface area contributed by atoms with Gasteiger partial charge in [0, 0.05) is 12.6 Å². The van der Waals surface area contributed by atoms with E-state index in [2.05, 4.69) is 9.88 Å². The maximum Gasteiger partial charge on any atom is 0.213 e. The Morgan fingerprint density at radius 3 is 3.18 bits per heavy atom. The molecule has 1 unspecified atom stereocenters. The summed E-state index contributed by atoms with van der Waals surface area (Å²) in [5, 5.41) is 0. The molecule has 1 aromatic heterocycles. The third-order valence-corrected chi connectivity index (χ3v) is 3.32. The van der Waals surface area contributed by atoms with Crippen molar-refractivity contribution in [1.29, 1.82) is 0 Å². The van der Waals surface area contributed by atoms with Gasteiger partial charge in [0.2, 0.25) is 5.88 Å². The van der Waals surface area contributed by atoms with Gasteiger partial charge in [0.25, 0.3) is 0 Å². The third-order valence-electron chi connectivity index (χ3n) is 3.05. The molecule has 0 bridgehead atoms. The Labute approximate surface area is 107 Å². The largest absolute Gasteiger partial charge is 0.481 e. The molecule has 0 spiro atoms. The number of thiocarbonyl (C=S) groups is 1. The molecule has 2 rings (SSSR count). The number of hydrogen-bond donors (Lipinski definition) is 1. The lowest BCUT2D eigenvalue weighted by Crippen LogP contribution is -2.38. The van der Waals surface area contributed by atoms with Crippen LogP contribution in [-0.4, -0.2) is 34.6 Å². The van der Waals surface area contributed by atoms with Crippen molar-refractivity contribution in [2.45, 2.75) is 25.4 Å². The van der Waals surface area contributed by atoms with Gasteiger partial charge in [-0.05, 0) is 25.5 Å². The summed E-state index contributed by atoms with van der Waals surface area (Å²) in [7, 11) is 1.62.